The molecule has 0 bridgehead atoms. The largest absolute Gasteiger partial charge is 0.355 e. The van der Waals surface area contributed by atoms with Crippen molar-refractivity contribution in [2.45, 2.75) is 46.6 Å². The summed E-state index contributed by atoms with van der Waals surface area (Å²) in [5.41, 5.74) is 3.26. The average molecular weight is 355 g/mol. The molecule has 0 aliphatic carbocycles. The number of hydrogen-bond acceptors (Lipinski definition) is 2. The summed E-state index contributed by atoms with van der Waals surface area (Å²) < 4.78 is 2.25. The molecule has 0 unspecified atom stereocenters. The lowest BCUT2D eigenvalue weighted by atomic mass is 10.1. The van der Waals surface area contributed by atoms with Gasteiger partial charge in [-0.2, -0.15) is 0 Å². The Morgan fingerprint density at radius 1 is 1.12 bits per heavy atom. The zero-order chi connectivity index (χ0) is 19.1. The fraction of sp³-hybridized carbons (Fsp3) is 0.429. The number of para-hydroxylation sites is 1. The molecule has 0 spiro atoms. The lowest BCUT2D eigenvalue weighted by Gasteiger charge is -2.09. The first-order valence-corrected chi connectivity index (χ1v) is 9.34. The van der Waals surface area contributed by atoms with Crippen LogP contribution in [-0.4, -0.2) is 30.0 Å². The van der Waals surface area contributed by atoms with Gasteiger partial charge in [-0.1, -0.05) is 38.5 Å². The van der Waals surface area contributed by atoms with E-state index in [2.05, 4.69) is 35.1 Å². The summed E-state index contributed by atoms with van der Waals surface area (Å²) in [7, 11) is 1.54. The maximum absolute atomic E-state index is 12.6. The maximum Gasteiger partial charge on any atom is 0.256 e. The molecule has 140 valence electrons. The second kappa shape index (κ2) is 9.22. The van der Waals surface area contributed by atoms with Crippen molar-refractivity contribution in [2.75, 3.05) is 13.6 Å². The first-order chi connectivity index (χ1) is 12.5. The monoisotopic (exact) mass is 355 g/mol. The van der Waals surface area contributed by atoms with Crippen molar-refractivity contribution >= 4 is 28.8 Å². The summed E-state index contributed by atoms with van der Waals surface area (Å²) in [4.78, 5) is 24.9. The number of likely N-dealkylation sites (N-methyl/N-ethyl adjacent to an activating group) is 1. The number of fused-ring (bicyclic) bond motifs is 1. The van der Waals surface area contributed by atoms with Crippen LogP contribution < -0.4 is 10.6 Å². The molecule has 2 rings (SSSR count). The fourth-order valence-corrected chi connectivity index (χ4v) is 3.14. The Balaban J connectivity index is 2.53. The number of hydrogen-bond donors (Lipinski definition) is 2. The molecule has 1 aromatic heterocycles. The van der Waals surface area contributed by atoms with Crippen molar-refractivity contribution in [1.82, 2.24) is 15.2 Å². The summed E-state index contributed by atoms with van der Waals surface area (Å²) in [6.45, 7) is 7.71. The molecule has 0 saturated carbocycles. The molecule has 0 aliphatic rings. The van der Waals surface area contributed by atoms with Gasteiger partial charge in [0.25, 0.3) is 11.8 Å². The number of nitrogens with zero attached hydrogens (tertiary/aromatic N) is 1. The van der Waals surface area contributed by atoms with Gasteiger partial charge in [0, 0.05) is 42.3 Å². The summed E-state index contributed by atoms with van der Waals surface area (Å²) in [5, 5.41) is 6.48. The van der Waals surface area contributed by atoms with Gasteiger partial charge in [-0.3, -0.25) is 9.59 Å². The van der Waals surface area contributed by atoms with Gasteiger partial charge in [-0.25, -0.2) is 0 Å². The van der Waals surface area contributed by atoms with Crippen molar-refractivity contribution in [3.05, 3.63) is 41.1 Å². The minimum absolute atomic E-state index is 0.145. The second-order valence-corrected chi connectivity index (χ2v) is 6.41. The van der Waals surface area contributed by atoms with Crippen LogP contribution >= 0.6 is 0 Å². The van der Waals surface area contributed by atoms with Crippen LogP contribution in [0.25, 0.3) is 17.0 Å². The van der Waals surface area contributed by atoms with E-state index >= 15 is 0 Å². The lowest BCUT2D eigenvalue weighted by molar-refractivity contribution is -0.123. The topological polar surface area (TPSA) is 63.1 Å². The highest BCUT2D eigenvalue weighted by Gasteiger charge is 2.19. The molecule has 0 fully saturated rings. The minimum atomic E-state index is -0.370. The molecule has 26 heavy (non-hydrogen) atoms. The Morgan fingerprint density at radius 2 is 1.85 bits per heavy atom. The van der Waals surface area contributed by atoms with Crippen molar-refractivity contribution in [3.8, 4) is 0 Å². The van der Waals surface area contributed by atoms with Crippen LogP contribution in [0.5, 0.6) is 0 Å². The first kappa shape index (κ1) is 19.8. The molecule has 5 nitrogen and oxygen atoms in total. The van der Waals surface area contributed by atoms with Gasteiger partial charge in [-0.15, -0.1) is 0 Å². The number of amides is 2. The van der Waals surface area contributed by atoms with Crippen LogP contribution in [0.4, 0.5) is 0 Å². The summed E-state index contributed by atoms with van der Waals surface area (Å²) in [6, 6.07) is 8.11. The average Bonchev–Trinajstić information content (AvgIpc) is 2.91. The lowest BCUT2D eigenvalue weighted by Crippen LogP contribution is -2.33. The van der Waals surface area contributed by atoms with E-state index < -0.39 is 0 Å². The molecule has 0 aliphatic heterocycles. The van der Waals surface area contributed by atoms with Crippen LogP contribution in [0.15, 0.2) is 29.8 Å². The molecular weight excluding hydrogens is 326 g/mol. The van der Waals surface area contributed by atoms with Crippen molar-refractivity contribution in [1.29, 1.82) is 0 Å². The summed E-state index contributed by atoms with van der Waals surface area (Å²) in [5.74, 6) is -0.699. The predicted molar refractivity (Wildman–Crippen MR) is 107 cm³/mol. The van der Waals surface area contributed by atoms with E-state index in [4.69, 9.17) is 0 Å². The zero-order valence-electron chi connectivity index (χ0n) is 16.2. The van der Waals surface area contributed by atoms with Gasteiger partial charge in [-0.05, 0) is 31.9 Å². The number of rotatable bonds is 8. The van der Waals surface area contributed by atoms with E-state index in [9.17, 15) is 9.59 Å². The molecule has 2 N–H and O–H groups in total. The van der Waals surface area contributed by atoms with E-state index in [0.717, 1.165) is 48.0 Å². The normalized spacial score (nSPS) is 11.6. The van der Waals surface area contributed by atoms with Crippen molar-refractivity contribution in [3.63, 3.8) is 0 Å². The molecule has 5 heteroatoms. The Morgan fingerprint density at radius 3 is 2.50 bits per heavy atom. The first-order valence-electron chi connectivity index (χ1n) is 9.34. The van der Waals surface area contributed by atoms with Gasteiger partial charge in [0.15, 0.2) is 0 Å². The number of carbonyl (C=O) groups is 2. The zero-order valence-corrected chi connectivity index (χ0v) is 16.2. The van der Waals surface area contributed by atoms with Crippen LogP contribution in [0.3, 0.4) is 0 Å². The minimum Gasteiger partial charge on any atom is -0.355 e. The van der Waals surface area contributed by atoms with Crippen molar-refractivity contribution in [2.24, 2.45) is 0 Å². The fourth-order valence-electron chi connectivity index (χ4n) is 3.14. The number of aryl methyl sites for hydroxylation is 1. The molecule has 0 atom stereocenters. The molecule has 2 amide bonds. The van der Waals surface area contributed by atoms with Gasteiger partial charge in [0.05, 0.1) is 0 Å². The molecule has 1 heterocycles. The van der Waals surface area contributed by atoms with E-state index in [0.29, 0.717) is 6.54 Å². The van der Waals surface area contributed by atoms with Gasteiger partial charge < -0.3 is 15.2 Å². The van der Waals surface area contributed by atoms with E-state index in [-0.39, 0.29) is 17.4 Å². The molecular formula is C21H29N3O2. The van der Waals surface area contributed by atoms with E-state index in [1.165, 1.54) is 0 Å². The second-order valence-electron chi connectivity index (χ2n) is 6.41. The third-order valence-electron chi connectivity index (χ3n) is 4.55. The van der Waals surface area contributed by atoms with Crippen LogP contribution in [0, 0.1) is 6.92 Å². The summed E-state index contributed by atoms with van der Waals surface area (Å²) in [6.07, 6.45) is 4.62. The molecule has 2 aromatic rings. The molecule has 0 radical (unpaired) electrons. The predicted octanol–water partition coefficient (Wildman–Crippen LogP) is 3.41. The molecule has 0 saturated heterocycles. The standard InChI is InChI=1S/C21H29N3O2/c1-5-7-12-23-21(26)18(20(25)22-4)14-17-15(3)24(13-6-2)19-11-9-8-10-16(17)19/h8-11,14H,5-7,12-13H2,1-4H3,(H,22,25)(H,23,26)/b18-14+. The number of nitrogens with one attached hydrogen (secondary N) is 2. The highest BCUT2D eigenvalue weighted by atomic mass is 16.2. The van der Waals surface area contributed by atoms with E-state index in [1.54, 1.807) is 13.1 Å². The van der Waals surface area contributed by atoms with Gasteiger partial charge >= 0.3 is 0 Å². The Kier molecular flexibility index (Phi) is 7.01. The quantitative estimate of drug-likeness (QED) is 0.330. The maximum atomic E-state index is 12.6. The number of carbonyl (C=O) groups excluding carboxylic acids is 2. The van der Waals surface area contributed by atoms with Crippen LogP contribution in [0.2, 0.25) is 0 Å². The smallest absolute Gasteiger partial charge is 0.256 e. The Hall–Kier alpha value is -2.56. The highest BCUT2D eigenvalue weighted by molar-refractivity contribution is 6.22. The third kappa shape index (κ3) is 4.15. The SMILES string of the molecule is CCCCNC(=O)/C(=C/c1c(C)n(CCC)c2ccccc12)C(=O)NC. The van der Waals surface area contributed by atoms with E-state index in [1.807, 2.05) is 25.1 Å². The number of benzene rings is 1. The van der Waals surface area contributed by atoms with Gasteiger partial charge in [0.1, 0.15) is 5.57 Å². The number of aromatic nitrogens is 1. The Bertz CT molecular complexity index is 818. The van der Waals surface area contributed by atoms with Crippen LogP contribution in [-0.2, 0) is 16.1 Å². The molecule has 1 aromatic carbocycles. The van der Waals surface area contributed by atoms with Gasteiger partial charge in [0.2, 0.25) is 0 Å². The Labute approximate surface area is 155 Å². The third-order valence-corrected chi connectivity index (χ3v) is 4.55. The number of unbranched alkanes of at least 4 members (excludes halogenated alkanes) is 1. The van der Waals surface area contributed by atoms with Crippen LogP contribution in [0.1, 0.15) is 44.4 Å². The summed E-state index contributed by atoms with van der Waals surface area (Å²) >= 11 is 0. The van der Waals surface area contributed by atoms with Crippen molar-refractivity contribution < 1.29 is 9.59 Å². The highest BCUT2D eigenvalue weighted by Crippen LogP contribution is 2.28.